The van der Waals surface area contributed by atoms with E-state index >= 15 is 0 Å². The van der Waals surface area contributed by atoms with E-state index in [1.54, 1.807) is 20.8 Å². The van der Waals surface area contributed by atoms with Crippen LogP contribution in [0.3, 0.4) is 0 Å². The molecule has 5 heteroatoms. The largest absolute Gasteiger partial charge is 0.480 e. The van der Waals surface area contributed by atoms with Gasteiger partial charge in [-0.05, 0) is 58.8 Å². The van der Waals surface area contributed by atoms with Crippen LogP contribution in [0.15, 0.2) is 0 Å². The van der Waals surface area contributed by atoms with Gasteiger partial charge in [-0.3, -0.25) is 0 Å². The SMILES string of the molecule is CC(C)(C)OC(=O)N[C@H](C(=O)O)C12CCC(CC1)C2. The molecule has 0 radical (unpaired) electrons. The van der Waals surface area contributed by atoms with E-state index in [-0.39, 0.29) is 5.41 Å². The first-order valence-electron chi connectivity index (χ1n) is 6.94. The minimum absolute atomic E-state index is 0.257. The lowest BCUT2D eigenvalue weighted by Gasteiger charge is -2.34. The molecule has 0 heterocycles. The maximum Gasteiger partial charge on any atom is 0.408 e. The summed E-state index contributed by atoms with van der Waals surface area (Å²) in [6.07, 6.45) is 4.23. The number of nitrogens with one attached hydrogen (secondary N) is 1. The molecule has 5 nitrogen and oxygen atoms in total. The van der Waals surface area contributed by atoms with Crippen LogP contribution in [0, 0.1) is 11.3 Å². The zero-order valence-corrected chi connectivity index (χ0v) is 11.9. The van der Waals surface area contributed by atoms with E-state index < -0.39 is 23.7 Å². The number of carboxylic acids is 1. The van der Waals surface area contributed by atoms with E-state index in [1.807, 2.05) is 0 Å². The van der Waals surface area contributed by atoms with Crippen LogP contribution in [0.1, 0.15) is 52.9 Å². The van der Waals surface area contributed by atoms with Crippen molar-refractivity contribution in [1.29, 1.82) is 0 Å². The summed E-state index contributed by atoms with van der Waals surface area (Å²) in [4.78, 5) is 23.3. The van der Waals surface area contributed by atoms with Crippen LogP contribution < -0.4 is 5.32 Å². The van der Waals surface area contributed by atoms with E-state index in [0.717, 1.165) is 32.1 Å². The molecule has 2 saturated carbocycles. The van der Waals surface area contributed by atoms with E-state index in [1.165, 1.54) is 0 Å². The highest BCUT2D eigenvalue weighted by atomic mass is 16.6. The second-order valence-electron chi connectivity index (χ2n) is 6.93. The van der Waals surface area contributed by atoms with Crippen LogP contribution in [0.2, 0.25) is 0 Å². The molecule has 0 aromatic carbocycles. The summed E-state index contributed by atoms with van der Waals surface area (Å²) >= 11 is 0. The molecule has 2 rings (SSSR count). The molecule has 2 aliphatic rings. The molecule has 0 spiro atoms. The van der Waals surface area contributed by atoms with E-state index in [4.69, 9.17) is 4.74 Å². The van der Waals surface area contributed by atoms with Crippen molar-refractivity contribution < 1.29 is 19.4 Å². The molecule has 19 heavy (non-hydrogen) atoms. The van der Waals surface area contributed by atoms with Crippen molar-refractivity contribution in [2.24, 2.45) is 11.3 Å². The van der Waals surface area contributed by atoms with E-state index in [2.05, 4.69) is 5.32 Å². The first-order chi connectivity index (χ1) is 8.72. The van der Waals surface area contributed by atoms with Crippen LogP contribution >= 0.6 is 0 Å². The van der Waals surface area contributed by atoms with Gasteiger partial charge in [-0.1, -0.05) is 0 Å². The van der Waals surface area contributed by atoms with Gasteiger partial charge in [-0.2, -0.15) is 0 Å². The first-order valence-corrected chi connectivity index (χ1v) is 6.94. The van der Waals surface area contributed by atoms with Gasteiger partial charge < -0.3 is 15.2 Å². The minimum atomic E-state index is -0.951. The van der Waals surface area contributed by atoms with Gasteiger partial charge in [0.05, 0.1) is 0 Å². The van der Waals surface area contributed by atoms with Crippen LogP contribution in [0.4, 0.5) is 4.79 Å². The third-order valence-electron chi connectivity index (χ3n) is 4.32. The summed E-state index contributed by atoms with van der Waals surface area (Å²) in [6, 6.07) is -0.824. The minimum Gasteiger partial charge on any atom is -0.480 e. The fourth-order valence-electron chi connectivity index (χ4n) is 3.54. The average Bonchev–Trinajstić information content (AvgIpc) is 2.83. The number of ether oxygens (including phenoxy) is 1. The van der Waals surface area contributed by atoms with Crippen molar-refractivity contribution in [3.8, 4) is 0 Å². The number of hydrogen-bond donors (Lipinski definition) is 2. The molecule has 1 atom stereocenters. The Kier molecular flexibility index (Phi) is 3.49. The molecular formula is C14H23NO4. The number of amides is 1. The molecule has 2 aliphatic carbocycles. The van der Waals surface area contributed by atoms with Gasteiger partial charge in [0.15, 0.2) is 0 Å². The molecule has 0 aliphatic heterocycles. The molecule has 2 fully saturated rings. The fraction of sp³-hybridized carbons (Fsp3) is 0.857. The zero-order valence-electron chi connectivity index (χ0n) is 11.9. The monoisotopic (exact) mass is 269 g/mol. The Morgan fingerprint density at radius 1 is 1.32 bits per heavy atom. The van der Waals surface area contributed by atoms with Crippen molar-refractivity contribution >= 4 is 12.1 Å². The van der Waals surface area contributed by atoms with E-state index in [9.17, 15) is 14.7 Å². The maximum absolute atomic E-state index is 11.8. The van der Waals surface area contributed by atoms with Crippen molar-refractivity contribution in [3.63, 3.8) is 0 Å². The third-order valence-corrected chi connectivity index (χ3v) is 4.32. The molecule has 0 aromatic rings. The average molecular weight is 269 g/mol. The Labute approximate surface area is 113 Å². The van der Waals surface area contributed by atoms with Gasteiger partial charge in [0.1, 0.15) is 11.6 Å². The quantitative estimate of drug-likeness (QED) is 0.825. The predicted molar refractivity (Wildman–Crippen MR) is 69.8 cm³/mol. The topological polar surface area (TPSA) is 75.6 Å². The molecule has 0 aromatic heterocycles. The van der Waals surface area contributed by atoms with Crippen LogP contribution in [0.5, 0.6) is 0 Å². The number of carboxylic acid groups (broad SMARTS) is 1. The van der Waals surface area contributed by atoms with Crippen LogP contribution in [-0.2, 0) is 9.53 Å². The Morgan fingerprint density at radius 2 is 1.89 bits per heavy atom. The second-order valence-corrected chi connectivity index (χ2v) is 6.93. The molecule has 1 amide bonds. The number of fused-ring (bicyclic) bond motifs is 2. The highest BCUT2D eigenvalue weighted by Gasteiger charge is 2.53. The fourth-order valence-corrected chi connectivity index (χ4v) is 3.54. The second kappa shape index (κ2) is 4.69. The summed E-state index contributed by atoms with van der Waals surface area (Å²) in [5.74, 6) is -0.310. The molecule has 0 unspecified atom stereocenters. The van der Waals surface area contributed by atoms with Gasteiger partial charge in [0.2, 0.25) is 0 Å². The molecule has 2 N–H and O–H groups in total. The Bertz CT molecular complexity index is 377. The van der Waals surface area contributed by atoms with Crippen molar-refractivity contribution in [1.82, 2.24) is 5.32 Å². The number of aliphatic carboxylic acids is 1. The Hall–Kier alpha value is -1.26. The number of carbonyl (C=O) groups is 2. The smallest absolute Gasteiger partial charge is 0.408 e. The van der Waals surface area contributed by atoms with Gasteiger partial charge in [0.25, 0.3) is 0 Å². The van der Waals surface area contributed by atoms with Crippen LogP contribution in [0.25, 0.3) is 0 Å². The lowest BCUT2D eigenvalue weighted by atomic mass is 9.77. The first kappa shape index (κ1) is 14.2. The molecule has 2 bridgehead atoms. The summed E-state index contributed by atoms with van der Waals surface area (Å²) in [5, 5.41) is 12.0. The van der Waals surface area contributed by atoms with Gasteiger partial charge >= 0.3 is 12.1 Å². The molecular weight excluding hydrogens is 246 g/mol. The molecule has 0 saturated heterocycles. The summed E-state index contributed by atoms with van der Waals surface area (Å²) in [5.41, 5.74) is -0.869. The summed E-state index contributed by atoms with van der Waals surface area (Å²) in [7, 11) is 0. The number of carbonyl (C=O) groups excluding carboxylic acids is 1. The van der Waals surface area contributed by atoms with Crippen molar-refractivity contribution in [2.45, 2.75) is 64.5 Å². The predicted octanol–water partition coefficient (Wildman–Crippen LogP) is 2.54. The lowest BCUT2D eigenvalue weighted by molar-refractivity contribution is -0.143. The zero-order chi connectivity index (χ0) is 14.3. The van der Waals surface area contributed by atoms with Crippen LogP contribution in [-0.4, -0.2) is 28.8 Å². The van der Waals surface area contributed by atoms with Crippen molar-refractivity contribution in [2.75, 3.05) is 0 Å². The maximum atomic E-state index is 11.8. The van der Waals surface area contributed by atoms with Gasteiger partial charge in [-0.15, -0.1) is 0 Å². The van der Waals surface area contributed by atoms with E-state index in [0.29, 0.717) is 5.92 Å². The van der Waals surface area contributed by atoms with Gasteiger partial charge in [-0.25, -0.2) is 9.59 Å². The normalized spacial score (nSPS) is 31.0. The lowest BCUT2D eigenvalue weighted by Crippen LogP contribution is -2.52. The number of hydrogen-bond acceptors (Lipinski definition) is 3. The summed E-state index contributed by atoms with van der Waals surface area (Å²) in [6.45, 7) is 5.30. The highest BCUT2D eigenvalue weighted by Crippen LogP contribution is 2.56. The third kappa shape index (κ3) is 3.01. The Morgan fingerprint density at radius 3 is 2.26 bits per heavy atom. The Balaban J connectivity index is 2.05. The van der Waals surface area contributed by atoms with Crippen molar-refractivity contribution in [3.05, 3.63) is 0 Å². The number of rotatable bonds is 3. The standard InChI is InChI=1S/C14H23NO4/c1-13(2,3)19-12(18)15-10(11(16)17)14-6-4-9(8-14)5-7-14/h9-10H,4-8H2,1-3H3,(H,15,18)(H,16,17)/t9?,10-,14?/m1/s1. The summed E-state index contributed by atoms with van der Waals surface area (Å²) < 4.78 is 5.17. The highest BCUT2D eigenvalue weighted by molar-refractivity contribution is 5.81. The van der Waals surface area contributed by atoms with Gasteiger partial charge in [0, 0.05) is 5.41 Å². The molecule has 108 valence electrons. The number of alkyl carbamates (subject to hydrolysis) is 1.